The lowest BCUT2D eigenvalue weighted by molar-refractivity contribution is -0.384. The van der Waals surface area contributed by atoms with E-state index in [1.165, 1.54) is 34.1 Å². The van der Waals surface area contributed by atoms with Gasteiger partial charge in [0.2, 0.25) is 5.91 Å². The molecule has 2 aliphatic rings. The number of hydrogen-bond acceptors (Lipinski definition) is 8. The van der Waals surface area contributed by atoms with E-state index in [-0.39, 0.29) is 30.1 Å². The summed E-state index contributed by atoms with van der Waals surface area (Å²) in [4.78, 5) is 51.5. The zero-order valence-electron chi connectivity index (χ0n) is 18.7. The molecule has 0 bridgehead atoms. The average molecular weight is 458 g/mol. The molecule has 2 fully saturated rings. The van der Waals surface area contributed by atoms with Crippen molar-refractivity contribution in [3.8, 4) is 6.07 Å². The second-order valence-electron chi connectivity index (χ2n) is 9.03. The molecule has 0 radical (unpaired) electrons. The highest BCUT2D eigenvalue weighted by atomic mass is 16.6. The maximum atomic E-state index is 13.2. The third-order valence-electron chi connectivity index (χ3n) is 5.45. The number of nitro benzene ring substituents is 1. The summed E-state index contributed by atoms with van der Waals surface area (Å²) in [6.45, 7) is 5.49. The lowest BCUT2D eigenvalue weighted by Crippen LogP contribution is -2.50. The molecule has 1 aromatic carbocycles. The SMILES string of the molecule is CC(C)(C)OC(=O)N1C[C@@H](OC(=O)c2ccc([N+](=O)[O-])cc2)C[C@H]1C(=O)N1CCCC1C#N. The summed E-state index contributed by atoms with van der Waals surface area (Å²) in [5.41, 5.74) is -0.837. The van der Waals surface area contributed by atoms with Crippen LogP contribution in [0.4, 0.5) is 10.5 Å². The zero-order chi connectivity index (χ0) is 24.3. The zero-order valence-corrected chi connectivity index (χ0v) is 18.7. The van der Waals surface area contributed by atoms with Crippen LogP contribution in [0.5, 0.6) is 0 Å². The summed E-state index contributed by atoms with van der Waals surface area (Å²) in [6.07, 6.45) is -0.160. The summed E-state index contributed by atoms with van der Waals surface area (Å²) in [6, 6.07) is 5.59. The highest BCUT2D eigenvalue weighted by Gasteiger charge is 2.46. The standard InChI is InChI=1S/C22H26N4O7/c1-22(2,3)33-21(29)25-13-17(11-18(25)19(27)24-10-4-5-16(24)12-23)32-20(28)14-6-8-15(9-7-14)26(30)31/h6-9,16-18H,4-5,10-11,13H2,1-3H3/t16?,17-,18-/m0/s1. The van der Waals surface area contributed by atoms with Crippen molar-refractivity contribution in [1.29, 1.82) is 5.26 Å². The summed E-state index contributed by atoms with van der Waals surface area (Å²) >= 11 is 0. The van der Waals surface area contributed by atoms with Gasteiger partial charge in [-0.1, -0.05) is 0 Å². The Morgan fingerprint density at radius 1 is 1.18 bits per heavy atom. The van der Waals surface area contributed by atoms with Crippen molar-refractivity contribution < 1.29 is 28.8 Å². The third kappa shape index (κ3) is 5.58. The summed E-state index contributed by atoms with van der Waals surface area (Å²) < 4.78 is 10.9. The van der Waals surface area contributed by atoms with E-state index < -0.39 is 40.8 Å². The number of rotatable bonds is 4. The van der Waals surface area contributed by atoms with Crippen molar-refractivity contribution in [2.24, 2.45) is 0 Å². The fourth-order valence-electron chi connectivity index (χ4n) is 3.93. The molecule has 0 spiro atoms. The van der Waals surface area contributed by atoms with Crippen LogP contribution >= 0.6 is 0 Å². The van der Waals surface area contributed by atoms with Crippen molar-refractivity contribution in [3.63, 3.8) is 0 Å². The lowest BCUT2D eigenvalue weighted by atomic mass is 10.1. The van der Waals surface area contributed by atoms with E-state index >= 15 is 0 Å². The van der Waals surface area contributed by atoms with E-state index in [2.05, 4.69) is 6.07 Å². The molecule has 33 heavy (non-hydrogen) atoms. The molecule has 0 aromatic heterocycles. The van der Waals surface area contributed by atoms with Gasteiger partial charge in [0.25, 0.3) is 5.69 Å². The molecule has 2 amide bonds. The van der Waals surface area contributed by atoms with Gasteiger partial charge in [-0.3, -0.25) is 19.8 Å². The van der Waals surface area contributed by atoms with Gasteiger partial charge in [0, 0.05) is 25.1 Å². The molecule has 2 aliphatic heterocycles. The Morgan fingerprint density at radius 3 is 2.42 bits per heavy atom. The summed E-state index contributed by atoms with van der Waals surface area (Å²) in [5.74, 6) is -1.10. The number of nitriles is 1. The van der Waals surface area contributed by atoms with E-state index in [0.29, 0.717) is 19.4 Å². The average Bonchev–Trinajstić information content (AvgIpc) is 3.39. The minimum atomic E-state index is -0.927. The van der Waals surface area contributed by atoms with E-state index in [4.69, 9.17) is 9.47 Å². The molecule has 0 N–H and O–H groups in total. The number of esters is 1. The second-order valence-corrected chi connectivity index (χ2v) is 9.03. The van der Waals surface area contributed by atoms with Crippen molar-refractivity contribution in [2.45, 2.75) is 63.8 Å². The van der Waals surface area contributed by atoms with Crippen LogP contribution in [-0.2, 0) is 14.3 Å². The number of amides is 2. The van der Waals surface area contributed by atoms with Gasteiger partial charge < -0.3 is 14.4 Å². The van der Waals surface area contributed by atoms with Crippen molar-refractivity contribution >= 4 is 23.7 Å². The highest BCUT2D eigenvalue weighted by molar-refractivity contribution is 5.90. The van der Waals surface area contributed by atoms with Gasteiger partial charge in [0.05, 0.1) is 23.1 Å². The van der Waals surface area contributed by atoms with E-state index in [1.807, 2.05) is 0 Å². The van der Waals surface area contributed by atoms with Crippen molar-refractivity contribution in [2.75, 3.05) is 13.1 Å². The minimum absolute atomic E-state index is 0.0465. The smallest absolute Gasteiger partial charge is 0.411 e. The Hall–Kier alpha value is -3.68. The van der Waals surface area contributed by atoms with Gasteiger partial charge in [-0.15, -0.1) is 0 Å². The molecule has 176 valence electrons. The van der Waals surface area contributed by atoms with E-state index in [9.17, 15) is 29.8 Å². The molecule has 3 atom stereocenters. The summed E-state index contributed by atoms with van der Waals surface area (Å²) in [7, 11) is 0. The molecular weight excluding hydrogens is 432 g/mol. The highest BCUT2D eigenvalue weighted by Crippen LogP contribution is 2.28. The molecule has 0 aliphatic carbocycles. The number of hydrogen-bond donors (Lipinski definition) is 0. The van der Waals surface area contributed by atoms with Crippen LogP contribution in [0.3, 0.4) is 0 Å². The molecule has 2 saturated heterocycles. The quantitative estimate of drug-likeness (QED) is 0.381. The Kier molecular flexibility index (Phi) is 6.86. The fraction of sp³-hybridized carbons (Fsp3) is 0.545. The summed E-state index contributed by atoms with van der Waals surface area (Å²) in [5, 5.41) is 20.1. The Balaban J connectivity index is 1.76. The van der Waals surface area contributed by atoms with Gasteiger partial charge in [-0.05, 0) is 45.7 Å². The predicted octanol–water partition coefficient (Wildman–Crippen LogP) is 2.64. The van der Waals surface area contributed by atoms with E-state index in [0.717, 1.165) is 0 Å². The number of nitro groups is 1. The Labute approximate surface area is 191 Å². The fourth-order valence-corrected chi connectivity index (χ4v) is 3.93. The molecule has 1 unspecified atom stereocenters. The first-order valence-corrected chi connectivity index (χ1v) is 10.7. The number of likely N-dealkylation sites (tertiary alicyclic amines) is 2. The first-order valence-electron chi connectivity index (χ1n) is 10.7. The number of ether oxygens (including phenoxy) is 2. The molecule has 2 heterocycles. The molecule has 11 nitrogen and oxygen atoms in total. The number of benzene rings is 1. The molecule has 3 rings (SSSR count). The molecular formula is C22H26N4O7. The van der Waals surface area contributed by atoms with Gasteiger partial charge >= 0.3 is 12.1 Å². The maximum absolute atomic E-state index is 13.2. The van der Waals surface area contributed by atoms with Crippen LogP contribution in [0.2, 0.25) is 0 Å². The molecule has 11 heteroatoms. The number of nitrogens with zero attached hydrogens (tertiary/aromatic N) is 4. The van der Waals surface area contributed by atoms with Crippen LogP contribution in [0, 0.1) is 21.4 Å². The number of carbonyl (C=O) groups excluding carboxylic acids is 3. The lowest BCUT2D eigenvalue weighted by Gasteiger charge is -2.30. The van der Waals surface area contributed by atoms with Crippen LogP contribution in [-0.4, -0.2) is 69.6 Å². The third-order valence-corrected chi connectivity index (χ3v) is 5.45. The van der Waals surface area contributed by atoms with Crippen molar-refractivity contribution in [1.82, 2.24) is 9.80 Å². The monoisotopic (exact) mass is 458 g/mol. The normalized spacial score (nSPS) is 22.5. The Bertz CT molecular complexity index is 980. The predicted molar refractivity (Wildman–Crippen MR) is 114 cm³/mol. The molecule has 1 aromatic rings. The first kappa shape index (κ1) is 24.0. The number of carbonyl (C=O) groups is 3. The van der Waals surface area contributed by atoms with Gasteiger partial charge in [-0.25, -0.2) is 9.59 Å². The minimum Gasteiger partial charge on any atom is -0.457 e. The van der Waals surface area contributed by atoms with Gasteiger partial charge in [-0.2, -0.15) is 5.26 Å². The van der Waals surface area contributed by atoms with Crippen LogP contribution in [0.25, 0.3) is 0 Å². The van der Waals surface area contributed by atoms with Crippen LogP contribution in [0.1, 0.15) is 50.4 Å². The van der Waals surface area contributed by atoms with Gasteiger partial charge in [0.15, 0.2) is 0 Å². The maximum Gasteiger partial charge on any atom is 0.411 e. The second kappa shape index (κ2) is 9.44. The number of non-ortho nitro benzene ring substituents is 1. The van der Waals surface area contributed by atoms with E-state index in [1.54, 1.807) is 20.8 Å². The van der Waals surface area contributed by atoms with Crippen LogP contribution < -0.4 is 0 Å². The largest absolute Gasteiger partial charge is 0.457 e. The van der Waals surface area contributed by atoms with Crippen molar-refractivity contribution in [3.05, 3.63) is 39.9 Å². The van der Waals surface area contributed by atoms with Gasteiger partial charge in [0.1, 0.15) is 23.8 Å². The first-order chi connectivity index (χ1) is 15.5. The molecule has 0 saturated carbocycles. The van der Waals surface area contributed by atoms with Crippen LogP contribution in [0.15, 0.2) is 24.3 Å². The topological polar surface area (TPSA) is 143 Å². The Morgan fingerprint density at radius 2 is 1.85 bits per heavy atom.